The smallest absolute Gasteiger partial charge is 0.118 e. The summed E-state index contributed by atoms with van der Waals surface area (Å²) in [5.41, 5.74) is 2.96. The van der Waals surface area contributed by atoms with Gasteiger partial charge in [0.15, 0.2) is 0 Å². The van der Waals surface area contributed by atoms with E-state index >= 15 is 0 Å². The summed E-state index contributed by atoms with van der Waals surface area (Å²) in [7, 11) is 3.66. The van der Waals surface area contributed by atoms with E-state index in [-0.39, 0.29) is 0 Å². The maximum Gasteiger partial charge on any atom is 0.118 e. The Hall–Kier alpha value is -1.81. The first-order chi connectivity index (χ1) is 10.1. The second-order valence-corrected chi connectivity index (χ2v) is 6.06. The van der Waals surface area contributed by atoms with Gasteiger partial charge in [0.2, 0.25) is 0 Å². The lowest BCUT2D eigenvalue weighted by Gasteiger charge is -2.20. The predicted octanol–water partition coefficient (Wildman–Crippen LogP) is 2.81. The Bertz CT molecular complexity index is 599. The quantitative estimate of drug-likeness (QED) is 0.887. The minimum Gasteiger partial charge on any atom is -0.497 e. The highest BCUT2D eigenvalue weighted by Gasteiger charge is 2.44. The summed E-state index contributed by atoms with van der Waals surface area (Å²) in [5.74, 6) is 0.922. The summed E-state index contributed by atoms with van der Waals surface area (Å²) >= 11 is 0. The molecule has 0 aliphatic heterocycles. The molecule has 0 saturated heterocycles. The highest BCUT2D eigenvalue weighted by atomic mass is 16.5. The lowest BCUT2D eigenvalue weighted by Crippen LogP contribution is -2.29. The van der Waals surface area contributed by atoms with Crippen molar-refractivity contribution in [1.29, 1.82) is 0 Å². The van der Waals surface area contributed by atoms with Gasteiger partial charge in [0.1, 0.15) is 5.75 Å². The van der Waals surface area contributed by atoms with Gasteiger partial charge in [0.25, 0.3) is 0 Å². The number of ether oxygens (including phenoxy) is 1. The van der Waals surface area contributed by atoms with E-state index in [0.717, 1.165) is 12.3 Å². The number of nitrogens with zero attached hydrogens (tertiary/aromatic N) is 2. The van der Waals surface area contributed by atoms with E-state index in [1.807, 2.05) is 17.9 Å². The third kappa shape index (κ3) is 2.95. The van der Waals surface area contributed by atoms with Gasteiger partial charge in [-0.2, -0.15) is 5.10 Å². The number of hydrogen-bond acceptors (Lipinski definition) is 3. The Kier molecular flexibility index (Phi) is 3.72. The second-order valence-electron chi connectivity index (χ2n) is 6.06. The number of nitrogens with one attached hydrogen (secondary N) is 1. The van der Waals surface area contributed by atoms with Crippen molar-refractivity contribution in [3.05, 3.63) is 47.8 Å². The molecule has 4 nitrogen and oxygen atoms in total. The van der Waals surface area contributed by atoms with Crippen molar-refractivity contribution in [3.63, 3.8) is 0 Å². The first kappa shape index (κ1) is 14.1. The molecule has 0 unspecified atom stereocenters. The van der Waals surface area contributed by atoms with E-state index in [1.165, 1.54) is 24.0 Å². The fourth-order valence-corrected chi connectivity index (χ4v) is 2.79. The van der Waals surface area contributed by atoms with Crippen LogP contribution in [0.3, 0.4) is 0 Å². The number of benzene rings is 1. The third-order valence-corrected chi connectivity index (χ3v) is 4.53. The SMILES string of the molecule is COc1ccc(C2(CN[C@@H](C)c3cnn(C)c3)CC2)cc1. The van der Waals surface area contributed by atoms with Crippen molar-refractivity contribution in [2.75, 3.05) is 13.7 Å². The van der Waals surface area contributed by atoms with Crippen LogP contribution in [-0.2, 0) is 12.5 Å². The van der Waals surface area contributed by atoms with E-state index in [0.29, 0.717) is 11.5 Å². The molecule has 1 aromatic carbocycles. The zero-order valence-corrected chi connectivity index (χ0v) is 13.0. The highest BCUT2D eigenvalue weighted by molar-refractivity contribution is 5.36. The Morgan fingerprint density at radius 3 is 2.57 bits per heavy atom. The van der Waals surface area contributed by atoms with Crippen LogP contribution in [0, 0.1) is 0 Å². The summed E-state index contributed by atoms with van der Waals surface area (Å²) in [4.78, 5) is 0. The van der Waals surface area contributed by atoms with Gasteiger partial charge in [-0.05, 0) is 37.5 Å². The largest absolute Gasteiger partial charge is 0.497 e. The second kappa shape index (κ2) is 5.53. The Balaban J connectivity index is 1.63. The lowest BCUT2D eigenvalue weighted by molar-refractivity contribution is 0.414. The van der Waals surface area contributed by atoms with Crippen LogP contribution in [0.2, 0.25) is 0 Å². The number of rotatable bonds is 6. The summed E-state index contributed by atoms with van der Waals surface area (Å²) < 4.78 is 7.09. The fraction of sp³-hybridized carbons (Fsp3) is 0.471. The molecule has 21 heavy (non-hydrogen) atoms. The molecule has 1 fully saturated rings. The van der Waals surface area contributed by atoms with Crippen LogP contribution in [0.25, 0.3) is 0 Å². The zero-order chi connectivity index (χ0) is 14.9. The monoisotopic (exact) mass is 285 g/mol. The number of aromatic nitrogens is 2. The maximum atomic E-state index is 5.24. The molecular formula is C17H23N3O. The van der Waals surface area contributed by atoms with Crippen LogP contribution in [-0.4, -0.2) is 23.4 Å². The molecule has 0 radical (unpaired) electrons. The molecule has 3 rings (SSSR count). The molecule has 1 N–H and O–H groups in total. The highest BCUT2D eigenvalue weighted by Crippen LogP contribution is 2.48. The number of aryl methyl sites for hydroxylation is 1. The van der Waals surface area contributed by atoms with Crippen molar-refractivity contribution in [3.8, 4) is 5.75 Å². The minimum absolute atomic E-state index is 0.308. The molecule has 1 aromatic heterocycles. The van der Waals surface area contributed by atoms with Crippen molar-refractivity contribution < 1.29 is 4.74 Å². The van der Waals surface area contributed by atoms with E-state index < -0.39 is 0 Å². The van der Waals surface area contributed by atoms with Crippen LogP contribution in [0.5, 0.6) is 5.75 Å². The van der Waals surface area contributed by atoms with E-state index in [2.05, 4.69) is 47.8 Å². The van der Waals surface area contributed by atoms with Crippen molar-refractivity contribution in [2.24, 2.45) is 7.05 Å². The van der Waals surface area contributed by atoms with Gasteiger partial charge in [0, 0.05) is 36.8 Å². The Labute approximate surface area is 126 Å². The molecule has 1 saturated carbocycles. The average molecular weight is 285 g/mol. The van der Waals surface area contributed by atoms with Gasteiger partial charge in [-0.15, -0.1) is 0 Å². The zero-order valence-electron chi connectivity index (χ0n) is 13.0. The van der Waals surface area contributed by atoms with Crippen molar-refractivity contribution in [1.82, 2.24) is 15.1 Å². The molecule has 0 bridgehead atoms. The van der Waals surface area contributed by atoms with Gasteiger partial charge in [0.05, 0.1) is 13.3 Å². The lowest BCUT2D eigenvalue weighted by atomic mass is 9.95. The Morgan fingerprint density at radius 2 is 2.05 bits per heavy atom. The van der Waals surface area contributed by atoms with Gasteiger partial charge in [-0.3, -0.25) is 4.68 Å². The van der Waals surface area contributed by atoms with Crippen LogP contribution < -0.4 is 10.1 Å². The van der Waals surface area contributed by atoms with E-state index in [1.54, 1.807) is 7.11 Å². The fourth-order valence-electron chi connectivity index (χ4n) is 2.79. The van der Waals surface area contributed by atoms with Crippen molar-refractivity contribution >= 4 is 0 Å². The van der Waals surface area contributed by atoms with Crippen LogP contribution in [0.1, 0.15) is 36.9 Å². The van der Waals surface area contributed by atoms with Crippen LogP contribution in [0.15, 0.2) is 36.7 Å². The summed E-state index contributed by atoms with van der Waals surface area (Å²) in [5, 5.41) is 7.90. The summed E-state index contributed by atoms with van der Waals surface area (Å²) in [6.07, 6.45) is 6.52. The molecule has 2 aromatic rings. The average Bonchev–Trinajstić information content (AvgIpc) is 3.19. The summed E-state index contributed by atoms with van der Waals surface area (Å²) in [6, 6.07) is 8.83. The molecule has 0 spiro atoms. The number of hydrogen-bond donors (Lipinski definition) is 1. The first-order valence-corrected chi connectivity index (χ1v) is 7.49. The van der Waals surface area contributed by atoms with Gasteiger partial charge < -0.3 is 10.1 Å². The van der Waals surface area contributed by atoms with Crippen molar-refractivity contribution in [2.45, 2.75) is 31.2 Å². The Morgan fingerprint density at radius 1 is 1.33 bits per heavy atom. The van der Waals surface area contributed by atoms with E-state index in [4.69, 9.17) is 4.74 Å². The standard InChI is InChI=1S/C17H23N3O/c1-13(14-10-19-20(2)11-14)18-12-17(8-9-17)15-4-6-16(21-3)7-5-15/h4-7,10-11,13,18H,8-9,12H2,1-3H3/t13-/m0/s1. The topological polar surface area (TPSA) is 39.1 Å². The molecule has 112 valence electrons. The van der Waals surface area contributed by atoms with E-state index in [9.17, 15) is 0 Å². The molecular weight excluding hydrogens is 262 g/mol. The minimum atomic E-state index is 0.308. The molecule has 1 aliphatic carbocycles. The normalized spacial score (nSPS) is 17.5. The molecule has 1 atom stereocenters. The third-order valence-electron chi connectivity index (χ3n) is 4.53. The van der Waals surface area contributed by atoms with Gasteiger partial charge >= 0.3 is 0 Å². The summed E-state index contributed by atoms with van der Waals surface area (Å²) in [6.45, 7) is 3.20. The molecule has 4 heteroatoms. The van der Waals surface area contributed by atoms with Gasteiger partial charge in [-0.1, -0.05) is 12.1 Å². The van der Waals surface area contributed by atoms with Crippen LogP contribution in [0.4, 0.5) is 0 Å². The van der Waals surface area contributed by atoms with Crippen LogP contribution >= 0.6 is 0 Å². The van der Waals surface area contributed by atoms with Gasteiger partial charge in [-0.25, -0.2) is 0 Å². The maximum absolute atomic E-state index is 5.24. The predicted molar refractivity (Wildman–Crippen MR) is 83.5 cm³/mol. The number of methoxy groups -OCH3 is 1. The first-order valence-electron chi connectivity index (χ1n) is 7.49. The molecule has 1 aliphatic rings. The molecule has 0 amide bonds. The molecule has 1 heterocycles.